The van der Waals surface area contributed by atoms with Crippen molar-refractivity contribution in [3.05, 3.63) is 51.5 Å². The lowest BCUT2D eigenvalue weighted by molar-refractivity contribution is -0.139. The van der Waals surface area contributed by atoms with E-state index < -0.39 is 0 Å². The normalized spacial score (nSPS) is 24.3. The van der Waals surface area contributed by atoms with Gasteiger partial charge in [0, 0.05) is 56.3 Å². The van der Waals surface area contributed by atoms with Gasteiger partial charge in [0.15, 0.2) is 11.0 Å². The van der Waals surface area contributed by atoms with Crippen LogP contribution < -0.4 is 10.5 Å². The number of anilines is 1. The van der Waals surface area contributed by atoms with Crippen LogP contribution in [-0.4, -0.2) is 51.8 Å². The van der Waals surface area contributed by atoms with Gasteiger partial charge < -0.3 is 14.4 Å². The van der Waals surface area contributed by atoms with Crippen molar-refractivity contribution < 1.29 is 4.79 Å². The number of fused-ring (bicyclic) bond motifs is 4. The molecule has 0 spiro atoms. The van der Waals surface area contributed by atoms with Crippen molar-refractivity contribution in [2.75, 3.05) is 31.1 Å². The number of halogens is 1. The first-order valence-corrected chi connectivity index (χ1v) is 10.7. The van der Waals surface area contributed by atoms with Crippen LogP contribution in [0.5, 0.6) is 0 Å². The maximum atomic E-state index is 13.2. The quantitative estimate of drug-likeness (QED) is 0.754. The molecular formula is C21H24ClN5O2. The van der Waals surface area contributed by atoms with Crippen LogP contribution in [-0.2, 0) is 11.3 Å². The number of amides is 1. The molecule has 8 heteroatoms. The lowest BCUT2D eigenvalue weighted by Gasteiger charge is -2.44. The first kappa shape index (κ1) is 18.6. The Bertz CT molecular complexity index is 968. The number of likely N-dealkylation sites (tertiary alicyclic amines) is 1. The highest BCUT2D eigenvalue weighted by molar-refractivity contribution is 6.29. The average Bonchev–Trinajstić information content (AvgIpc) is 2.75. The average molecular weight is 414 g/mol. The minimum atomic E-state index is 0.0586. The first-order chi connectivity index (χ1) is 14.1. The summed E-state index contributed by atoms with van der Waals surface area (Å²) in [6.07, 6.45) is 2.72. The first-order valence-electron chi connectivity index (χ1n) is 10.3. The number of carbonyl (C=O) groups excluding carboxylic acids is 1. The second kappa shape index (κ2) is 7.44. The van der Waals surface area contributed by atoms with Crippen molar-refractivity contribution >= 4 is 23.3 Å². The summed E-state index contributed by atoms with van der Waals surface area (Å²) >= 11 is 5.82. The van der Waals surface area contributed by atoms with Crippen molar-refractivity contribution in [2.45, 2.75) is 31.7 Å². The molecule has 29 heavy (non-hydrogen) atoms. The molecule has 0 unspecified atom stereocenters. The second-order valence-corrected chi connectivity index (χ2v) is 8.80. The maximum Gasteiger partial charge on any atom is 0.250 e. The number of carbonyl (C=O) groups is 1. The third-order valence-electron chi connectivity index (χ3n) is 6.58. The van der Waals surface area contributed by atoms with E-state index in [1.807, 2.05) is 22.8 Å². The Balaban J connectivity index is 1.24. The minimum absolute atomic E-state index is 0.0586. The zero-order valence-corrected chi connectivity index (χ0v) is 17.0. The third-order valence-corrected chi connectivity index (χ3v) is 6.78. The van der Waals surface area contributed by atoms with Gasteiger partial charge in [-0.25, -0.2) is 0 Å². The Labute approximate surface area is 174 Å². The molecule has 0 saturated carbocycles. The molecular weight excluding hydrogens is 390 g/mol. The highest BCUT2D eigenvalue weighted by atomic mass is 35.5. The molecule has 0 aliphatic carbocycles. The van der Waals surface area contributed by atoms with E-state index in [1.165, 1.54) is 0 Å². The SMILES string of the molecule is O=C(C1CCN(c2ccc(Cl)nn2)CC1)N1C[C@@H]2C[C@H](C1)c1cccc(=O)n1C2. The van der Waals surface area contributed by atoms with Gasteiger partial charge in [0.2, 0.25) is 5.91 Å². The molecule has 2 aromatic rings. The van der Waals surface area contributed by atoms with Crippen LogP contribution in [0.2, 0.25) is 5.15 Å². The maximum absolute atomic E-state index is 13.2. The Morgan fingerprint density at radius 1 is 1.03 bits per heavy atom. The smallest absolute Gasteiger partial charge is 0.250 e. The van der Waals surface area contributed by atoms with Crippen molar-refractivity contribution in [1.29, 1.82) is 0 Å². The summed E-state index contributed by atoms with van der Waals surface area (Å²) in [6, 6.07) is 9.14. The fourth-order valence-electron chi connectivity index (χ4n) is 5.17. The lowest BCUT2D eigenvalue weighted by atomic mass is 9.82. The molecule has 1 amide bonds. The zero-order chi connectivity index (χ0) is 20.0. The Hall–Kier alpha value is -2.41. The minimum Gasteiger partial charge on any atom is -0.355 e. The van der Waals surface area contributed by atoms with Gasteiger partial charge in [-0.15, -0.1) is 10.2 Å². The van der Waals surface area contributed by atoms with Gasteiger partial charge in [-0.1, -0.05) is 17.7 Å². The summed E-state index contributed by atoms with van der Waals surface area (Å²) < 4.78 is 1.91. The predicted octanol–water partition coefficient (Wildman–Crippen LogP) is 2.15. The van der Waals surface area contributed by atoms with E-state index in [9.17, 15) is 9.59 Å². The molecule has 2 bridgehead atoms. The molecule has 2 saturated heterocycles. The van der Waals surface area contributed by atoms with Crippen LogP contribution in [0.15, 0.2) is 35.1 Å². The molecule has 2 atom stereocenters. The Morgan fingerprint density at radius 3 is 2.62 bits per heavy atom. The molecule has 3 aliphatic rings. The topological polar surface area (TPSA) is 71.3 Å². The highest BCUT2D eigenvalue weighted by Gasteiger charge is 2.38. The molecule has 5 rings (SSSR count). The number of hydrogen-bond donors (Lipinski definition) is 0. The third kappa shape index (κ3) is 3.52. The van der Waals surface area contributed by atoms with Crippen LogP contribution in [0.4, 0.5) is 5.82 Å². The monoisotopic (exact) mass is 413 g/mol. The van der Waals surface area contributed by atoms with Crippen molar-refractivity contribution in [3.63, 3.8) is 0 Å². The van der Waals surface area contributed by atoms with Crippen LogP contribution in [0, 0.1) is 11.8 Å². The van der Waals surface area contributed by atoms with E-state index in [0.717, 1.165) is 63.5 Å². The van der Waals surface area contributed by atoms with Crippen LogP contribution in [0.1, 0.15) is 30.9 Å². The lowest BCUT2D eigenvalue weighted by Crippen LogP contribution is -2.51. The standard InChI is InChI=1S/C21H24ClN5O2/c22-18-4-5-19(24-23-18)25-8-6-15(7-9-25)21(29)26-11-14-10-16(13-26)17-2-1-3-20(28)27(17)12-14/h1-5,14-16H,6-13H2/t14-,16+/m0/s1. The Kier molecular flexibility index (Phi) is 4.78. The van der Waals surface area contributed by atoms with Crippen molar-refractivity contribution in [2.24, 2.45) is 11.8 Å². The van der Waals surface area contributed by atoms with Crippen molar-refractivity contribution in [3.8, 4) is 0 Å². The summed E-state index contributed by atoms with van der Waals surface area (Å²) in [4.78, 5) is 29.7. The van der Waals surface area contributed by atoms with Gasteiger partial charge in [0.05, 0.1) is 0 Å². The largest absolute Gasteiger partial charge is 0.355 e. The van der Waals surface area contributed by atoms with Crippen LogP contribution >= 0.6 is 11.6 Å². The molecule has 7 nitrogen and oxygen atoms in total. The molecule has 3 aliphatic heterocycles. The molecule has 2 aromatic heterocycles. The number of hydrogen-bond acceptors (Lipinski definition) is 5. The van der Waals surface area contributed by atoms with E-state index in [0.29, 0.717) is 11.1 Å². The molecule has 2 fully saturated rings. The summed E-state index contributed by atoms with van der Waals surface area (Å²) in [5.74, 6) is 1.78. The van der Waals surface area contributed by atoms with E-state index in [2.05, 4.69) is 20.0 Å². The molecule has 5 heterocycles. The van der Waals surface area contributed by atoms with Crippen molar-refractivity contribution in [1.82, 2.24) is 19.7 Å². The number of rotatable bonds is 2. The number of pyridine rings is 1. The van der Waals surface area contributed by atoms with Crippen LogP contribution in [0.25, 0.3) is 0 Å². The van der Waals surface area contributed by atoms with Crippen LogP contribution in [0.3, 0.4) is 0 Å². The molecule has 0 radical (unpaired) electrons. The summed E-state index contributed by atoms with van der Waals surface area (Å²) in [5, 5.41) is 8.45. The molecule has 152 valence electrons. The second-order valence-electron chi connectivity index (χ2n) is 8.42. The summed E-state index contributed by atoms with van der Waals surface area (Å²) in [7, 11) is 0. The fourth-order valence-corrected chi connectivity index (χ4v) is 5.27. The van der Waals surface area contributed by atoms with Gasteiger partial charge >= 0.3 is 0 Å². The molecule has 0 N–H and O–H groups in total. The number of aromatic nitrogens is 3. The van der Waals surface area contributed by atoms with Gasteiger partial charge in [-0.05, 0) is 43.4 Å². The summed E-state index contributed by atoms with van der Waals surface area (Å²) in [6.45, 7) is 3.81. The van der Waals surface area contributed by atoms with E-state index in [4.69, 9.17) is 11.6 Å². The number of nitrogens with zero attached hydrogens (tertiary/aromatic N) is 5. The number of piperidine rings is 2. The predicted molar refractivity (Wildman–Crippen MR) is 110 cm³/mol. The zero-order valence-electron chi connectivity index (χ0n) is 16.2. The van der Waals surface area contributed by atoms with E-state index in [1.54, 1.807) is 12.1 Å². The van der Waals surface area contributed by atoms with E-state index in [-0.39, 0.29) is 23.3 Å². The van der Waals surface area contributed by atoms with E-state index >= 15 is 0 Å². The van der Waals surface area contributed by atoms with Gasteiger partial charge in [-0.3, -0.25) is 9.59 Å². The summed E-state index contributed by atoms with van der Waals surface area (Å²) in [5.41, 5.74) is 1.16. The fraction of sp³-hybridized carbons (Fsp3) is 0.524. The Morgan fingerprint density at radius 2 is 1.86 bits per heavy atom. The van der Waals surface area contributed by atoms with Gasteiger partial charge in [0.1, 0.15) is 0 Å². The molecule has 0 aromatic carbocycles. The highest BCUT2D eigenvalue weighted by Crippen LogP contribution is 2.36. The van der Waals surface area contributed by atoms with Gasteiger partial charge in [-0.2, -0.15) is 0 Å². The van der Waals surface area contributed by atoms with Gasteiger partial charge in [0.25, 0.3) is 5.56 Å².